The van der Waals surface area contributed by atoms with Gasteiger partial charge in [-0.05, 0) is 32.8 Å². The van der Waals surface area contributed by atoms with Crippen LogP contribution in [0.25, 0.3) is 0 Å². The zero-order valence-corrected chi connectivity index (χ0v) is 11.5. The highest BCUT2D eigenvalue weighted by Crippen LogP contribution is 2.06. The van der Waals surface area contributed by atoms with Crippen LogP contribution in [0.15, 0.2) is 18.5 Å². The first kappa shape index (κ1) is 13.1. The van der Waals surface area contributed by atoms with Gasteiger partial charge in [0.15, 0.2) is 0 Å². The molecule has 0 fully saturated rings. The Labute approximate surface area is 112 Å². The molecule has 2 heterocycles. The van der Waals surface area contributed by atoms with E-state index >= 15 is 0 Å². The first-order valence-electron chi connectivity index (χ1n) is 6.18. The second kappa shape index (κ2) is 6.00. The molecule has 0 unspecified atom stereocenters. The van der Waals surface area contributed by atoms with E-state index in [1.54, 1.807) is 0 Å². The Kier molecular flexibility index (Phi) is 4.36. The normalized spacial score (nSPS) is 11.3. The number of rotatable bonds is 6. The largest absolute Gasteiger partial charge is 0.270 e. The minimum absolute atomic E-state index is 0.383. The van der Waals surface area contributed by atoms with Gasteiger partial charge in [0.1, 0.15) is 0 Å². The highest BCUT2D eigenvalue weighted by atomic mass is 35.5. The van der Waals surface area contributed by atoms with Gasteiger partial charge in [-0.3, -0.25) is 4.68 Å². The van der Waals surface area contributed by atoms with Crippen LogP contribution >= 0.6 is 11.6 Å². The number of hydrogen-bond acceptors (Lipinski definition) is 3. The van der Waals surface area contributed by atoms with Crippen LogP contribution in [0, 0.1) is 0 Å². The molecule has 2 rings (SSSR count). The molecule has 0 N–H and O–H groups in total. The summed E-state index contributed by atoms with van der Waals surface area (Å²) in [6.45, 7) is 4.88. The molecule has 0 radical (unpaired) electrons. The Morgan fingerprint density at radius 3 is 2.83 bits per heavy atom. The number of hydrogen-bond donors (Lipinski definition) is 0. The lowest BCUT2D eigenvalue weighted by Crippen LogP contribution is -2.05. The Morgan fingerprint density at radius 1 is 1.33 bits per heavy atom. The second-order valence-electron chi connectivity index (χ2n) is 4.58. The third-order valence-corrected chi connectivity index (χ3v) is 2.94. The van der Waals surface area contributed by atoms with Crippen molar-refractivity contribution >= 4 is 11.6 Å². The average molecular weight is 268 g/mol. The summed E-state index contributed by atoms with van der Waals surface area (Å²) in [4.78, 5) is 0. The molecule has 2 aromatic rings. The number of nitrogens with zero attached hydrogens (tertiary/aromatic N) is 5. The Hall–Kier alpha value is -1.36. The van der Waals surface area contributed by atoms with Crippen molar-refractivity contribution in [1.82, 2.24) is 24.8 Å². The minimum Gasteiger partial charge on any atom is -0.270 e. The molecule has 0 bridgehead atoms. The topological polar surface area (TPSA) is 48.5 Å². The van der Waals surface area contributed by atoms with Crippen molar-refractivity contribution in [2.24, 2.45) is 0 Å². The maximum atomic E-state index is 5.65. The number of halogens is 1. The Morgan fingerprint density at radius 2 is 2.17 bits per heavy atom. The van der Waals surface area contributed by atoms with Crippen LogP contribution in [0.1, 0.15) is 37.7 Å². The Balaban J connectivity index is 1.97. The third-order valence-electron chi connectivity index (χ3n) is 2.67. The van der Waals surface area contributed by atoms with Gasteiger partial charge in [-0.15, -0.1) is 16.7 Å². The van der Waals surface area contributed by atoms with Crippen LogP contribution in [0.2, 0.25) is 0 Å². The van der Waals surface area contributed by atoms with Gasteiger partial charge in [0.05, 0.1) is 17.9 Å². The van der Waals surface area contributed by atoms with E-state index in [4.69, 9.17) is 11.6 Å². The van der Waals surface area contributed by atoms with Gasteiger partial charge in [-0.25, -0.2) is 4.68 Å². The highest BCUT2D eigenvalue weighted by Gasteiger charge is 2.05. The van der Waals surface area contributed by atoms with E-state index < -0.39 is 0 Å². The summed E-state index contributed by atoms with van der Waals surface area (Å²) in [5, 5.41) is 12.7. The van der Waals surface area contributed by atoms with Crippen LogP contribution in [-0.2, 0) is 13.0 Å². The van der Waals surface area contributed by atoms with Gasteiger partial charge >= 0.3 is 0 Å². The molecule has 0 aliphatic rings. The molecule has 5 nitrogen and oxygen atoms in total. The summed E-state index contributed by atoms with van der Waals surface area (Å²) in [6, 6.07) is 2.40. The zero-order chi connectivity index (χ0) is 13.0. The van der Waals surface area contributed by atoms with Crippen molar-refractivity contribution in [2.75, 3.05) is 5.88 Å². The lowest BCUT2D eigenvalue weighted by atomic mass is 10.3. The molecule has 0 aliphatic carbocycles. The Bertz CT molecular complexity index is 488. The van der Waals surface area contributed by atoms with Crippen molar-refractivity contribution in [3.05, 3.63) is 29.8 Å². The molecule has 0 aromatic carbocycles. The van der Waals surface area contributed by atoms with Crippen molar-refractivity contribution in [3.63, 3.8) is 0 Å². The van der Waals surface area contributed by atoms with Crippen LogP contribution in [0.4, 0.5) is 0 Å². The van der Waals surface area contributed by atoms with E-state index in [0.717, 1.165) is 24.2 Å². The van der Waals surface area contributed by atoms with Crippen molar-refractivity contribution in [3.8, 4) is 0 Å². The average Bonchev–Trinajstić information content (AvgIpc) is 2.96. The van der Waals surface area contributed by atoms with Crippen LogP contribution in [-0.4, -0.2) is 30.7 Å². The smallest absolute Gasteiger partial charge is 0.0867 e. The maximum Gasteiger partial charge on any atom is 0.0867 e. The second-order valence-corrected chi connectivity index (χ2v) is 4.96. The first-order chi connectivity index (χ1) is 8.69. The molecule has 6 heteroatoms. The molecule has 0 aliphatic heterocycles. The lowest BCUT2D eigenvalue weighted by Gasteiger charge is -2.03. The molecule has 98 valence electrons. The van der Waals surface area contributed by atoms with Gasteiger partial charge in [0.25, 0.3) is 0 Å². The number of aromatic nitrogens is 5. The third kappa shape index (κ3) is 3.32. The molecule has 0 saturated heterocycles. The number of aryl methyl sites for hydroxylation is 1. The van der Waals surface area contributed by atoms with E-state index in [1.165, 1.54) is 0 Å². The maximum absolute atomic E-state index is 5.65. The fourth-order valence-corrected chi connectivity index (χ4v) is 1.83. The SMILES string of the molecule is CC(C)n1ccc(Cn2cc(CCCCl)nn2)n1. The summed E-state index contributed by atoms with van der Waals surface area (Å²) in [6.07, 6.45) is 5.76. The molecule has 0 amide bonds. The standard InChI is InChI=1S/C12H18ClN5/c1-10(2)18-7-5-12(15-18)9-17-8-11(14-16-17)4-3-6-13/h5,7-8,10H,3-4,6,9H2,1-2H3. The van der Waals surface area contributed by atoms with Crippen molar-refractivity contribution < 1.29 is 0 Å². The summed E-state index contributed by atoms with van der Waals surface area (Å²) < 4.78 is 3.76. The summed E-state index contributed by atoms with van der Waals surface area (Å²) >= 11 is 5.65. The lowest BCUT2D eigenvalue weighted by molar-refractivity contribution is 0.519. The van der Waals surface area contributed by atoms with E-state index in [0.29, 0.717) is 18.5 Å². The zero-order valence-electron chi connectivity index (χ0n) is 10.8. The molecule has 18 heavy (non-hydrogen) atoms. The first-order valence-corrected chi connectivity index (χ1v) is 6.71. The molecular weight excluding hydrogens is 250 g/mol. The van der Waals surface area contributed by atoms with Crippen molar-refractivity contribution in [2.45, 2.75) is 39.3 Å². The van der Waals surface area contributed by atoms with Crippen LogP contribution in [0.5, 0.6) is 0 Å². The van der Waals surface area contributed by atoms with Gasteiger partial charge in [0.2, 0.25) is 0 Å². The summed E-state index contributed by atoms with van der Waals surface area (Å²) in [5.74, 6) is 0.658. The predicted molar refractivity (Wildman–Crippen MR) is 70.8 cm³/mol. The quantitative estimate of drug-likeness (QED) is 0.755. The molecule has 0 saturated carbocycles. The van der Waals surface area contributed by atoms with E-state index in [2.05, 4.69) is 29.3 Å². The van der Waals surface area contributed by atoms with Crippen LogP contribution in [0.3, 0.4) is 0 Å². The van der Waals surface area contributed by atoms with E-state index in [-0.39, 0.29) is 0 Å². The van der Waals surface area contributed by atoms with Gasteiger partial charge < -0.3 is 0 Å². The van der Waals surface area contributed by atoms with Gasteiger partial charge in [-0.2, -0.15) is 5.10 Å². The predicted octanol–water partition coefficient (Wildman–Crippen LogP) is 2.28. The van der Waals surface area contributed by atoms with Gasteiger partial charge in [-0.1, -0.05) is 5.21 Å². The van der Waals surface area contributed by atoms with Crippen molar-refractivity contribution in [1.29, 1.82) is 0 Å². The molecule has 0 atom stereocenters. The molecular formula is C12H18ClN5. The molecule has 2 aromatic heterocycles. The fourth-order valence-electron chi connectivity index (χ4n) is 1.69. The van der Waals surface area contributed by atoms with E-state index in [1.807, 2.05) is 27.8 Å². The van der Waals surface area contributed by atoms with Crippen LogP contribution < -0.4 is 0 Å². The fraction of sp³-hybridized carbons (Fsp3) is 0.583. The summed E-state index contributed by atoms with van der Waals surface area (Å²) in [5.41, 5.74) is 1.98. The highest BCUT2D eigenvalue weighted by molar-refractivity contribution is 6.17. The van der Waals surface area contributed by atoms with E-state index in [9.17, 15) is 0 Å². The monoisotopic (exact) mass is 267 g/mol. The number of alkyl halides is 1. The molecule has 0 spiro atoms. The summed E-state index contributed by atoms with van der Waals surface area (Å²) in [7, 11) is 0. The minimum atomic E-state index is 0.383. The van der Waals surface area contributed by atoms with Gasteiger partial charge in [0, 0.05) is 24.3 Å².